The van der Waals surface area contributed by atoms with Crippen LogP contribution in [0.3, 0.4) is 0 Å². The number of nitrogens with zero attached hydrogens (tertiary/aromatic N) is 5. The number of ether oxygens (including phenoxy) is 1. The van der Waals surface area contributed by atoms with Crippen LogP contribution >= 0.6 is 0 Å². The Balaban J connectivity index is 1.71. The van der Waals surface area contributed by atoms with Crippen LogP contribution in [-0.4, -0.2) is 69.2 Å². The van der Waals surface area contributed by atoms with Gasteiger partial charge in [-0.15, -0.1) is 5.10 Å². The maximum Gasteiger partial charge on any atom is 0.138 e. The summed E-state index contributed by atoms with van der Waals surface area (Å²) in [6, 6.07) is 0. The molecule has 2 rings (SSSR count). The van der Waals surface area contributed by atoms with E-state index in [0.29, 0.717) is 6.61 Å². The Bertz CT molecular complexity index is 386. The van der Waals surface area contributed by atoms with Crippen LogP contribution in [0.5, 0.6) is 0 Å². The summed E-state index contributed by atoms with van der Waals surface area (Å²) >= 11 is 0. The Morgan fingerprint density at radius 3 is 2.95 bits per heavy atom. The zero-order chi connectivity index (χ0) is 14.4. The molecule has 0 saturated carbocycles. The molecule has 0 spiro atoms. The van der Waals surface area contributed by atoms with Gasteiger partial charge in [-0.05, 0) is 42.2 Å². The lowest BCUT2D eigenvalue weighted by atomic mass is 9.80. The molecule has 1 aliphatic rings. The van der Waals surface area contributed by atoms with Crippen molar-refractivity contribution in [3.05, 3.63) is 6.33 Å². The Morgan fingerprint density at radius 2 is 2.30 bits per heavy atom. The van der Waals surface area contributed by atoms with Gasteiger partial charge in [-0.3, -0.25) is 0 Å². The van der Waals surface area contributed by atoms with Crippen molar-refractivity contribution >= 4 is 0 Å². The molecule has 1 saturated heterocycles. The van der Waals surface area contributed by atoms with Gasteiger partial charge in [-0.25, -0.2) is 4.68 Å². The molecule has 1 aliphatic heterocycles. The summed E-state index contributed by atoms with van der Waals surface area (Å²) in [5.74, 6) is 0.277. The van der Waals surface area contributed by atoms with E-state index in [1.165, 1.54) is 0 Å². The molecule has 2 heterocycles. The highest BCUT2D eigenvalue weighted by molar-refractivity contribution is 4.90. The number of aryl methyl sites for hydroxylation is 1. The molecular formula is C13H25N5O2. The van der Waals surface area contributed by atoms with E-state index >= 15 is 0 Å². The normalized spacial score (nSPS) is 27.9. The van der Waals surface area contributed by atoms with Crippen molar-refractivity contribution in [2.45, 2.75) is 38.3 Å². The number of aromatic nitrogens is 4. The molecule has 0 radical (unpaired) electrons. The summed E-state index contributed by atoms with van der Waals surface area (Å²) in [5, 5.41) is 21.7. The molecule has 0 unspecified atom stereocenters. The minimum absolute atomic E-state index is 0.277. The predicted molar refractivity (Wildman–Crippen MR) is 74.1 cm³/mol. The monoisotopic (exact) mass is 283 g/mol. The van der Waals surface area contributed by atoms with Crippen molar-refractivity contribution in [3.63, 3.8) is 0 Å². The fraction of sp³-hybridized carbons (Fsp3) is 0.923. The van der Waals surface area contributed by atoms with Crippen molar-refractivity contribution in [2.75, 3.05) is 33.4 Å². The standard InChI is InChI=1S/C13H25N5O2/c1-12-10-17(6-3-7-18-11-14-15-16-18)8-4-13(12,19)5-9-20-2/h11-12,19H,3-10H2,1-2H3/t12-,13-/m0/s1. The van der Waals surface area contributed by atoms with Crippen molar-refractivity contribution in [1.29, 1.82) is 0 Å². The third-order valence-electron chi connectivity index (χ3n) is 4.30. The van der Waals surface area contributed by atoms with Crippen molar-refractivity contribution in [3.8, 4) is 0 Å². The molecule has 1 N–H and O–H groups in total. The van der Waals surface area contributed by atoms with E-state index in [-0.39, 0.29) is 5.92 Å². The van der Waals surface area contributed by atoms with Crippen LogP contribution in [0.4, 0.5) is 0 Å². The number of tetrazole rings is 1. The highest BCUT2D eigenvalue weighted by Gasteiger charge is 2.38. The number of methoxy groups -OCH3 is 1. The zero-order valence-corrected chi connectivity index (χ0v) is 12.4. The second kappa shape index (κ2) is 7.10. The molecule has 1 fully saturated rings. The number of likely N-dealkylation sites (tertiary alicyclic amines) is 1. The van der Waals surface area contributed by atoms with E-state index < -0.39 is 5.60 Å². The first-order valence-corrected chi connectivity index (χ1v) is 7.28. The van der Waals surface area contributed by atoms with E-state index in [1.54, 1.807) is 18.1 Å². The van der Waals surface area contributed by atoms with Crippen LogP contribution < -0.4 is 0 Å². The minimum Gasteiger partial charge on any atom is -0.389 e. The van der Waals surface area contributed by atoms with E-state index in [2.05, 4.69) is 27.3 Å². The molecule has 2 atom stereocenters. The average Bonchev–Trinajstić information content (AvgIpc) is 2.94. The Labute approximate surface area is 119 Å². The van der Waals surface area contributed by atoms with Crippen LogP contribution in [-0.2, 0) is 11.3 Å². The minimum atomic E-state index is -0.567. The van der Waals surface area contributed by atoms with E-state index in [0.717, 1.165) is 45.4 Å². The smallest absolute Gasteiger partial charge is 0.138 e. The van der Waals surface area contributed by atoms with Gasteiger partial charge in [0.25, 0.3) is 0 Å². The second-order valence-electron chi connectivity index (χ2n) is 5.72. The highest BCUT2D eigenvalue weighted by atomic mass is 16.5. The summed E-state index contributed by atoms with van der Waals surface area (Å²) in [5.41, 5.74) is -0.567. The van der Waals surface area contributed by atoms with E-state index in [1.807, 2.05) is 0 Å². The SMILES string of the molecule is COCC[C@@]1(O)CCN(CCCn2cnnn2)C[C@@H]1C. The number of aliphatic hydroxyl groups is 1. The zero-order valence-electron chi connectivity index (χ0n) is 12.4. The molecule has 20 heavy (non-hydrogen) atoms. The predicted octanol–water partition coefficient (Wildman–Crippen LogP) is 0.173. The van der Waals surface area contributed by atoms with E-state index in [4.69, 9.17) is 4.74 Å². The molecule has 1 aromatic heterocycles. The molecule has 1 aromatic rings. The number of rotatable bonds is 7. The Morgan fingerprint density at radius 1 is 1.45 bits per heavy atom. The first-order chi connectivity index (χ1) is 9.64. The van der Waals surface area contributed by atoms with Gasteiger partial charge in [0.2, 0.25) is 0 Å². The van der Waals surface area contributed by atoms with E-state index in [9.17, 15) is 5.11 Å². The third-order valence-corrected chi connectivity index (χ3v) is 4.30. The summed E-state index contributed by atoms with van der Waals surface area (Å²) in [6.45, 7) is 6.50. The second-order valence-corrected chi connectivity index (χ2v) is 5.72. The van der Waals surface area contributed by atoms with Gasteiger partial charge in [0, 0.05) is 33.4 Å². The van der Waals surface area contributed by atoms with Crippen molar-refractivity contribution in [1.82, 2.24) is 25.1 Å². The quantitative estimate of drug-likeness (QED) is 0.769. The Hall–Kier alpha value is -1.05. The van der Waals surface area contributed by atoms with Gasteiger partial charge in [0.1, 0.15) is 6.33 Å². The molecule has 114 valence electrons. The van der Waals surface area contributed by atoms with Gasteiger partial charge in [-0.1, -0.05) is 6.92 Å². The van der Waals surface area contributed by atoms with Gasteiger partial charge in [0.15, 0.2) is 0 Å². The maximum absolute atomic E-state index is 10.6. The molecule has 0 bridgehead atoms. The van der Waals surface area contributed by atoms with Crippen molar-refractivity contribution < 1.29 is 9.84 Å². The molecule has 0 aliphatic carbocycles. The molecule has 7 nitrogen and oxygen atoms in total. The van der Waals surface area contributed by atoms with Crippen LogP contribution in [0.15, 0.2) is 6.33 Å². The number of hydrogen-bond acceptors (Lipinski definition) is 6. The first kappa shape index (κ1) is 15.3. The highest BCUT2D eigenvalue weighted by Crippen LogP contribution is 2.30. The summed E-state index contributed by atoms with van der Waals surface area (Å²) < 4.78 is 6.85. The number of piperidine rings is 1. The largest absolute Gasteiger partial charge is 0.389 e. The van der Waals surface area contributed by atoms with Crippen LogP contribution in [0.25, 0.3) is 0 Å². The topological polar surface area (TPSA) is 76.3 Å². The van der Waals surface area contributed by atoms with Gasteiger partial charge >= 0.3 is 0 Å². The van der Waals surface area contributed by atoms with Crippen LogP contribution in [0.1, 0.15) is 26.2 Å². The third kappa shape index (κ3) is 3.97. The van der Waals surface area contributed by atoms with Gasteiger partial charge < -0.3 is 14.7 Å². The average molecular weight is 283 g/mol. The molecule has 0 aromatic carbocycles. The Kier molecular flexibility index (Phi) is 5.45. The fourth-order valence-electron chi connectivity index (χ4n) is 2.84. The molecule has 0 amide bonds. The van der Waals surface area contributed by atoms with Crippen LogP contribution in [0.2, 0.25) is 0 Å². The van der Waals surface area contributed by atoms with Crippen LogP contribution in [0, 0.1) is 5.92 Å². The van der Waals surface area contributed by atoms with Gasteiger partial charge in [-0.2, -0.15) is 0 Å². The number of hydrogen-bond donors (Lipinski definition) is 1. The van der Waals surface area contributed by atoms with Gasteiger partial charge in [0.05, 0.1) is 5.60 Å². The lowest BCUT2D eigenvalue weighted by molar-refractivity contribution is -0.0814. The molecular weight excluding hydrogens is 258 g/mol. The molecule has 7 heteroatoms. The maximum atomic E-state index is 10.6. The summed E-state index contributed by atoms with van der Waals surface area (Å²) in [4.78, 5) is 2.41. The summed E-state index contributed by atoms with van der Waals surface area (Å²) in [7, 11) is 1.68. The lowest BCUT2D eigenvalue weighted by Crippen LogP contribution is -2.51. The lowest BCUT2D eigenvalue weighted by Gasteiger charge is -2.43. The fourth-order valence-corrected chi connectivity index (χ4v) is 2.84. The van der Waals surface area contributed by atoms with Crippen molar-refractivity contribution in [2.24, 2.45) is 5.92 Å². The first-order valence-electron chi connectivity index (χ1n) is 7.28. The summed E-state index contributed by atoms with van der Waals surface area (Å²) in [6.07, 6.45) is 4.21.